The molecule has 4 aromatic rings. The molecule has 0 unspecified atom stereocenters. The number of anilines is 2. The van der Waals surface area contributed by atoms with Crippen molar-refractivity contribution >= 4 is 28.3 Å². The summed E-state index contributed by atoms with van der Waals surface area (Å²) in [6.07, 6.45) is 0. The fraction of sp³-hybridized carbons (Fsp3) is 0.0455. The maximum absolute atomic E-state index is 13.8. The lowest BCUT2D eigenvalue weighted by Crippen LogP contribution is -2.25. The molecule has 6 heteroatoms. The minimum Gasteiger partial charge on any atom is -0.345 e. The zero-order chi connectivity index (χ0) is 19.3. The van der Waals surface area contributed by atoms with Crippen molar-refractivity contribution in [3.05, 3.63) is 96.1 Å². The second-order valence-electron chi connectivity index (χ2n) is 6.18. The summed E-state index contributed by atoms with van der Waals surface area (Å²) in [5, 5.41) is 6.72. The second kappa shape index (κ2) is 7.84. The molecule has 1 amide bonds. The van der Waals surface area contributed by atoms with Gasteiger partial charge in [-0.1, -0.05) is 48.5 Å². The SMILES string of the molecule is O=C(NCc1ccccc1F)c1nc(Nc2ccccc2)c2ccccc2n1. The number of nitrogens with one attached hydrogen (secondary N) is 2. The molecule has 0 fully saturated rings. The normalized spacial score (nSPS) is 10.6. The van der Waals surface area contributed by atoms with Crippen LogP contribution in [0.15, 0.2) is 78.9 Å². The van der Waals surface area contributed by atoms with Gasteiger partial charge in [-0.05, 0) is 30.3 Å². The molecule has 0 saturated carbocycles. The topological polar surface area (TPSA) is 66.9 Å². The first-order valence-electron chi connectivity index (χ1n) is 8.81. The molecule has 1 aromatic heterocycles. The minimum atomic E-state index is -0.467. The molecule has 138 valence electrons. The van der Waals surface area contributed by atoms with Crippen molar-refractivity contribution in [1.82, 2.24) is 15.3 Å². The number of para-hydroxylation sites is 2. The van der Waals surface area contributed by atoms with Gasteiger partial charge in [-0.3, -0.25) is 4.79 Å². The highest BCUT2D eigenvalue weighted by Gasteiger charge is 2.14. The molecule has 0 aliphatic rings. The van der Waals surface area contributed by atoms with Crippen LogP contribution in [0.3, 0.4) is 0 Å². The molecule has 5 nitrogen and oxygen atoms in total. The molecular weight excluding hydrogens is 355 g/mol. The zero-order valence-corrected chi connectivity index (χ0v) is 14.9. The highest BCUT2D eigenvalue weighted by Crippen LogP contribution is 2.23. The summed E-state index contributed by atoms with van der Waals surface area (Å²) < 4.78 is 13.8. The van der Waals surface area contributed by atoms with E-state index in [2.05, 4.69) is 20.6 Å². The number of fused-ring (bicyclic) bond motifs is 1. The van der Waals surface area contributed by atoms with Crippen LogP contribution in [0.1, 0.15) is 16.2 Å². The molecular formula is C22H17FN4O. The van der Waals surface area contributed by atoms with Crippen LogP contribution in [0.4, 0.5) is 15.9 Å². The lowest BCUT2D eigenvalue weighted by molar-refractivity contribution is 0.0940. The Morgan fingerprint density at radius 3 is 2.39 bits per heavy atom. The standard InChI is InChI=1S/C22H17FN4O/c23-18-12-6-4-8-15(18)14-24-22(28)21-26-19-13-7-5-11-17(19)20(27-21)25-16-9-2-1-3-10-16/h1-13H,14H2,(H,24,28)(H,25,26,27). The molecule has 4 rings (SSSR count). The van der Waals surface area contributed by atoms with E-state index in [1.807, 2.05) is 54.6 Å². The first-order valence-corrected chi connectivity index (χ1v) is 8.81. The lowest BCUT2D eigenvalue weighted by atomic mass is 10.2. The number of amides is 1. The fourth-order valence-electron chi connectivity index (χ4n) is 2.83. The first-order chi connectivity index (χ1) is 13.7. The maximum Gasteiger partial charge on any atom is 0.289 e. The van der Waals surface area contributed by atoms with Crippen LogP contribution in [0.5, 0.6) is 0 Å². The quantitative estimate of drug-likeness (QED) is 0.543. The number of halogens is 1. The van der Waals surface area contributed by atoms with Gasteiger partial charge in [-0.25, -0.2) is 14.4 Å². The summed E-state index contributed by atoms with van der Waals surface area (Å²) in [4.78, 5) is 21.3. The van der Waals surface area contributed by atoms with E-state index >= 15 is 0 Å². The van der Waals surface area contributed by atoms with Crippen molar-refractivity contribution in [2.45, 2.75) is 6.54 Å². The number of carbonyl (C=O) groups excluding carboxylic acids is 1. The average Bonchev–Trinajstić information content (AvgIpc) is 2.73. The summed E-state index contributed by atoms with van der Waals surface area (Å²) in [5.74, 6) is -0.278. The van der Waals surface area contributed by atoms with Crippen LogP contribution in [0.2, 0.25) is 0 Å². The Morgan fingerprint density at radius 2 is 1.57 bits per heavy atom. The first kappa shape index (κ1) is 17.6. The summed E-state index contributed by atoms with van der Waals surface area (Å²) >= 11 is 0. The Hall–Kier alpha value is -3.80. The van der Waals surface area contributed by atoms with Gasteiger partial charge in [0.2, 0.25) is 5.82 Å². The highest BCUT2D eigenvalue weighted by atomic mass is 19.1. The number of aromatic nitrogens is 2. The predicted molar refractivity (Wildman–Crippen MR) is 107 cm³/mol. The van der Waals surface area contributed by atoms with Crippen LogP contribution in [0.25, 0.3) is 10.9 Å². The fourth-order valence-corrected chi connectivity index (χ4v) is 2.83. The smallest absolute Gasteiger partial charge is 0.289 e. The molecule has 0 bridgehead atoms. The van der Waals surface area contributed by atoms with Crippen molar-refractivity contribution in [3.8, 4) is 0 Å². The van der Waals surface area contributed by atoms with Crippen LogP contribution in [0, 0.1) is 5.82 Å². The number of carbonyl (C=O) groups is 1. The summed E-state index contributed by atoms with van der Waals surface area (Å²) in [6, 6.07) is 23.3. The van der Waals surface area contributed by atoms with Gasteiger partial charge >= 0.3 is 0 Å². The minimum absolute atomic E-state index is 0.0217. The number of hydrogen-bond acceptors (Lipinski definition) is 4. The number of benzene rings is 3. The number of nitrogens with zero attached hydrogens (tertiary/aromatic N) is 2. The zero-order valence-electron chi connectivity index (χ0n) is 14.9. The molecule has 0 atom stereocenters. The molecule has 0 aliphatic heterocycles. The van der Waals surface area contributed by atoms with Crippen molar-refractivity contribution in [3.63, 3.8) is 0 Å². The van der Waals surface area contributed by atoms with Gasteiger partial charge in [0.05, 0.1) is 5.52 Å². The third kappa shape index (κ3) is 3.81. The molecule has 0 spiro atoms. The summed E-state index contributed by atoms with van der Waals surface area (Å²) in [5.41, 5.74) is 1.90. The van der Waals surface area contributed by atoms with Gasteiger partial charge in [0.25, 0.3) is 5.91 Å². The summed E-state index contributed by atoms with van der Waals surface area (Å²) in [7, 11) is 0. The third-order valence-electron chi connectivity index (χ3n) is 4.24. The van der Waals surface area contributed by atoms with Gasteiger partial charge < -0.3 is 10.6 Å². The average molecular weight is 372 g/mol. The summed E-state index contributed by atoms with van der Waals surface area (Å²) in [6.45, 7) is 0.0587. The lowest BCUT2D eigenvalue weighted by Gasteiger charge is -2.11. The van der Waals surface area contributed by atoms with Crippen molar-refractivity contribution in [2.24, 2.45) is 0 Å². The Balaban J connectivity index is 1.63. The molecule has 3 aromatic carbocycles. The van der Waals surface area contributed by atoms with Crippen LogP contribution < -0.4 is 10.6 Å². The number of rotatable bonds is 5. The molecule has 28 heavy (non-hydrogen) atoms. The van der Waals surface area contributed by atoms with Gasteiger partial charge in [-0.2, -0.15) is 0 Å². The van der Waals surface area contributed by atoms with E-state index in [0.717, 1.165) is 11.1 Å². The van der Waals surface area contributed by atoms with E-state index in [1.165, 1.54) is 6.07 Å². The Kier molecular flexibility index (Phi) is 4.93. The van der Waals surface area contributed by atoms with Crippen molar-refractivity contribution in [1.29, 1.82) is 0 Å². The van der Waals surface area contributed by atoms with E-state index < -0.39 is 5.91 Å². The molecule has 0 radical (unpaired) electrons. The molecule has 2 N–H and O–H groups in total. The van der Waals surface area contributed by atoms with Gasteiger partial charge in [0.15, 0.2) is 0 Å². The monoisotopic (exact) mass is 372 g/mol. The van der Waals surface area contributed by atoms with Crippen molar-refractivity contribution < 1.29 is 9.18 Å². The largest absolute Gasteiger partial charge is 0.345 e. The predicted octanol–water partition coefficient (Wildman–Crippen LogP) is 4.44. The van der Waals surface area contributed by atoms with Gasteiger partial charge in [-0.15, -0.1) is 0 Å². The van der Waals surface area contributed by atoms with Gasteiger partial charge in [0, 0.05) is 23.2 Å². The maximum atomic E-state index is 13.8. The van der Waals surface area contributed by atoms with Crippen LogP contribution in [-0.4, -0.2) is 15.9 Å². The Bertz CT molecular complexity index is 1130. The van der Waals surface area contributed by atoms with Crippen LogP contribution >= 0.6 is 0 Å². The second-order valence-corrected chi connectivity index (χ2v) is 6.18. The van der Waals surface area contributed by atoms with Crippen molar-refractivity contribution in [2.75, 3.05) is 5.32 Å². The van der Waals surface area contributed by atoms with Crippen LogP contribution in [-0.2, 0) is 6.54 Å². The molecule has 0 aliphatic carbocycles. The van der Waals surface area contributed by atoms with Gasteiger partial charge in [0.1, 0.15) is 11.6 Å². The third-order valence-corrected chi connectivity index (χ3v) is 4.24. The Morgan fingerprint density at radius 1 is 0.857 bits per heavy atom. The van der Waals surface area contributed by atoms with E-state index in [0.29, 0.717) is 16.9 Å². The highest BCUT2D eigenvalue weighted by molar-refractivity contribution is 5.97. The molecule has 1 heterocycles. The number of hydrogen-bond donors (Lipinski definition) is 2. The van der Waals surface area contributed by atoms with E-state index in [4.69, 9.17) is 0 Å². The van der Waals surface area contributed by atoms with E-state index in [9.17, 15) is 9.18 Å². The Labute approximate surface area is 161 Å². The van der Waals surface area contributed by atoms with E-state index in [1.54, 1.807) is 18.2 Å². The van der Waals surface area contributed by atoms with E-state index in [-0.39, 0.29) is 18.2 Å². The molecule has 0 saturated heterocycles.